The van der Waals surface area contributed by atoms with E-state index in [2.05, 4.69) is 4.90 Å². The largest absolute Gasteiger partial charge is 0.497 e. The van der Waals surface area contributed by atoms with Gasteiger partial charge in [0.25, 0.3) is 0 Å². The second-order valence-electron chi connectivity index (χ2n) is 6.04. The topological polar surface area (TPSA) is 57.2 Å². The molecule has 0 spiro atoms. The molecule has 0 radical (unpaired) electrons. The lowest BCUT2D eigenvalue weighted by molar-refractivity contribution is 0.0692. The Labute approximate surface area is 173 Å². The molecule has 0 aliphatic carbocycles. The third-order valence-corrected chi connectivity index (χ3v) is 5.06. The molecule has 1 aliphatic rings. The summed E-state index contributed by atoms with van der Waals surface area (Å²) in [6, 6.07) is 9.94. The van der Waals surface area contributed by atoms with Gasteiger partial charge >= 0.3 is 5.97 Å². The number of nitrogens with zero attached hydrogens (tertiary/aromatic N) is 1. The van der Waals surface area contributed by atoms with Gasteiger partial charge in [-0.15, -0.1) is 0 Å². The number of methoxy groups -OCH3 is 2. The Morgan fingerprint density at radius 3 is 2.25 bits per heavy atom. The van der Waals surface area contributed by atoms with E-state index in [4.69, 9.17) is 42.8 Å². The predicted octanol–water partition coefficient (Wildman–Crippen LogP) is 3.58. The van der Waals surface area contributed by atoms with E-state index in [1.807, 2.05) is 0 Å². The molecule has 0 bridgehead atoms. The Morgan fingerprint density at radius 1 is 1.04 bits per heavy atom. The normalized spacial score (nSPS) is 13.8. The van der Waals surface area contributed by atoms with E-state index in [0.717, 1.165) is 18.7 Å². The number of esters is 1. The van der Waals surface area contributed by atoms with Crippen LogP contribution < -0.4 is 14.2 Å². The minimum Gasteiger partial charge on any atom is -0.497 e. The third-order valence-electron chi connectivity index (χ3n) is 4.27. The number of thiocarbonyl (C=S) groups is 1. The molecule has 3 rings (SSSR count). The van der Waals surface area contributed by atoms with Gasteiger partial charge in [-0.1, -0.05) is 23.8 Å². The predicted molar refractivity (Wildman–Crippen MR) is 110 cm³/mol. The van der Waals surface area contributed by atoms with Crippen LogP contribution in [0.4, 0.5) is 0 Å². The molecular formula is C20H20ClNO5S. The van der Waals surface area contributed by atoms with Crippen molar-refractivity contribution in [2.45, 2.75) is 0 Å². The first-order valence-electron chi connectivity index (χ1n) is 8.63. The van der Waals surface area contributed by atoms with Crippen LogP contribution in [0.2, 0.25) is 5.02 Å². The Morgan fingerprint density at radius 2 is 1.68 bits per heavy atom. The molecular weight excluding hydrogens is 402 g/mol. The van der Waals surface area contributed by atoms with Gasteiger partial charge in [0.2, 0.25) is 0 Å². The number of hydrogen-bond acceptors (Lipinski definition) is 6. The molecule has 0 atom stereocenters. The molecule has 6 nitrogen and oxygen atoms in total. The van der Waals surface area contributed by atoms with Gasteiger partial charge in [-0.3, -0.25) is 0 Å². The summed E-state index contributed by atoms with van der Waals surface area (Å²) in [5.41, 5.74) is 1.09. The van der Waals surface area contributed by atoms with Crippen molar-refractivity contribution in [3.63, 3.8) is 0 Å². The molecule has 1 saturated heterocycles. The molecule has 1 fully saturated rings. The van der Waals surface area contributed by atoms with Gasteiger partial charge in [-0.2, -0.15) is 0 Å². The SMILES string of the molecule is COc1cc(OC)cc(C(=O)Oc2ccc(C(=S)N3CCOCC3)cc2Cl)c1. The average Bonchev–Trinajstić information content (AvgIpc) is 2.74. The van der Waals surface area contributed by atoms with Gasteiger partial charge in [-0.25, -0.2) is 4.79 Å². The zero-order valence-electron chi connectivity index (χ0n) is 15.6. The highest BCUT2D eigenvalue weighted by molar-refractivity contribution is 7.80. The maximum atomic E-state index is 12.5. The first-order valence-corrected chi connectivity index (χ1v) is 9.42. The third kappa shape index (κ3) is 4.73. The molecule has 0 unspecified atom stereocenters. The van der Waals surface area contributed by atoms with Crippen LogP contribution in [-0.2, 0) is 4.74 Å². The number of ether oxygens (including phenoxy) is 4. The van der Waals surface area contributed by atoms with Gasteiger partial charge in [0.1, 0.15) is 22.2 Å². The molecule has 0 N–H and O–H groups in total. The van der Waals surface area contributed by atoms with Gasteiger partial charge in [0, 0.05) is 24.7 Å². The summed E-state index contributed by atoms with van der Waals surface area (Å²) in [7, 11) is 3.02. The molecule has 2 aromatic carbocycles. The number of halogens is 1. The lowest BCUT2D eigenvalue weighted by atomic mass is 10.2. The van der Waals surface area contributed by atoms with Crippen molar-refractivity contribution < 1.29 is 23.7 Å². The van der Waals surface area contributed by atoms with Gasteiger partial charge in [0.05, 0.1) is 38.0 Å². The van der Waals surface area contributed by atoms with E-state index >= 15 is 0 Å². The zero-order valence-corrected chi connectivity index (χ0v) is 17.1. The fourth-order valence-corrected chi connectivity index (χ4v) is 3.28. The van der Waals surface area contributed by atoms with Crippen molar-refractivity contribution in [1.82, 2.24) is 4.90 Å². The summed E-state index contributed by atoms with van der Waals surface area (Å²) < 4.78 is 21.2. The number of carbonyl (C=O) groups excluding carboxylic acids is 1. The second kappa shape index (κ2) is 9.23. The summed E-state index contributed by atoms with van der Waals surface area (Å²) >= 11 is 11.9. The van der Waals surface area contributed by atoms with Crippen LogP contribution in [0.25, 0.3) is 0 Å². The highest BCUT2D eigenvalue weighted by Gasteiger charge is 2.18. The van der Waals surface area contributed by atoms with Crippen LogP contribution in [0.15, 0.2) is 36.4 Å². The van der Waals surface area contributed by atoms with E-state index in [1.165, 1.54) is 14.2 Å². The van der Waals surface area contributed by atoms with Crippen molar-refractivity contribution >= 4 is 34.8 Å². The number of rotatable bonds is 5. The van der Waals surface area contributed by atoms with Crippen LogP contribution >= 0.6 is 23.8 Å². The number of morpholine rings is 1. The number of benzene rings is 2. The Hall–Kier alpha value is -2.35. The molecule has 0 aromatic heterocycles. The van der Waals surface area contributed by atoms with Gasteiger partial charge in [-0.05, 0) is 30.3 Å². The number of carbonyl (C=O) groups is 1. The Balaban J connectivity index is 1.76. The molecule has 28 heavy (non-hydrogen) atoms. The summed E-state index contributed by atoms with van der Waals surface area (Å²) in [4.78, 5) is 15.3. The highest BCUT2D eigenvalue weighted by Crippen LogP contribution is 2.29. The van der Waals surface area contributed by atoms with Crippen LogP contribution in [0.3, 0.4) is 0 Å². The Kier molecular flexibility index (Phi) is 6.72. The van der Waals surface area contributed by atoms with Crippen LogP contribution in [0.5, 0.6) is 17.2 Å². The van der Waals surface area contributed by atoms with Crippen LogP contribution in [-0.4, -0.2) is 56.4 Å². The molecule has 2 aromatic rings. The molecule has 8 heteroatoms. The lowest BCUT2D eigenvalue weighted by Gasteiger charge is -2.29. The average molecular weight is 422 g/mol. The molecule has 148 valence electrons. The lowest BCUT2D eigenvalue weighted by Crippen LogP contribution is -2.40. The highest BCUT2D eigenvalue weighted by atomic mass is 35.5. The first kappa shape index (κ1) is 20.4. The fraction of sp³-hybridized carbons (Fsp3) is 0.300. The maximum absolute atomic E-state index is 12.5. The standard InChI is InChI=1S/C20H20ClNO5S/c1-24-15-9-14(10-16(12-15)25-2)20(23)27-18-4-3-13(11-17(18)21)19(28)22-5-7-26-8-6-22/h3-4,9-12H,5-8H2,1-2H3. The summed E-state index contributed by atoms with van der Waals surface area (Å²) in [6.45, 7) is 2.77. The maximum Gasteiger partial charge on any atom is 0.343 e. The first-order chi connectivity index (χ1) is 13.5. The summed E-state index contributed by atoms with van der Waals surface area (Å²) in [5, 5.41) is 0.302. The van der Waals surface area contributed by atoms with E-state index in [0.29, 0.717) is 40.3 Å². The van der Waals surface area contributed by atoms with Crippen LogP contribution in [0.1, 0.15) is 15.9 Å². The van der Waals surface area contributed by atoms with Gasteiger partial charge < -0.3 is 23.8 Å². The van der Waals surface area contributed by atoms with E-state index < -0.39 is 5.97 Å². The summed E-state index contributed by atoms with van der Waals surface area (Å²) in [5.74, 6) is 0.664. The molecule has 1 heterocycles. The summed E-state index contributed by atoms with van der Waals surface area (Å²) in [6.07, 6.45) is 0. The van der Waals surface area contributed by atoms with E-state index in [1.54, 1.807) is 36.4 Å². The fourth-order valence-electron chi connectivity index (χ4n) is 2.75. The molecule has 0 saturated carbocycles. The van der Waals surface area contributed by atoms with Crippen molar-refractivity contribution in [3.05, 3.63) is 52.5 Å². The second-order valence-corrected chi connectivity index (χ2v) is 6.83. The van der Waals surface area contributed by atoms with Crippen molar-refractivity contribution in [3.8, 4) is 17.2 Å². The van der Waals surface area contributed by atoms with Crippen molar-refractivity contribution in [2.75, 3.05) is 40.5 Å². The minimum absolute atomic E-state index is 0.252. The van der Waals surface area contributed by atoms with E-state index in [-0.39, 0.29) is 5.75 Å². The smallest absolute Gasteiger partial charge is 0.343 e. The Bertz CT molecular complexity index is 861. The van der Waals surface area contributed by atoms with Crippen molar-refractivity contribution in [1.29, 1.82) is 0 Å². The quantitative estimate of drug-likeness (QED) is 0.415. The molecule has 1 aliphatic heterocycles. The number of hydrogen-bond donors (Lipinski definition) is 0. The van der Waals surface area contributed by atoms with E-state index in [9.17, 15) is 4.79 Å². The van der Waals surface area contributed by atoms with Gasteiger partial charge in [0.15, 0.2) is 0 Å². The monoisotopic (exact) mass is 421 g/mol. The van der Waals surface area contributed by atoms with Crippen molar-refractivity contribution in [2.24, 2.45) is 0 Å². The zero-order chi connectivity index (χ0) is 20.1. The minimum atomic E-state index is -0.567. The molecule has 0 amide bonds. The van der Waals surface area contributed by atoms with Crippen LogP contribution in [0, 0.1) is 0 Å².